The van der Waals surface area contributed by atoms with Crippen molar-refractivity contribution in [1.29, 1.82) is 0 Å². The van der Waals surface area contributed by atoms with E-state index in [1.807, 2.05) is 0 Å². The summed E-state index contributed by atoms with van der Waals surface area (Å²) in [5.41, 5.74) is 0.269. The van der Waals surface area contributed by atoms with Crippen LogP contribution in [0.15, 0.2) is 12.1 Å². The molecule has 19 heavy (non-hydrogen) atoms. The molecule has 0 bridgehead atoms. The number of H-pyrrole nitrogens is 1. The highest BCUT2D eigenvalue weighted by Crippen LogP contribution is 2.24. The van der Waals surface area contributed by atoms with Crippen LogP contribution in [0.4, 0.5) is 8.78 Å². The smallest absolute Gasteiger partial charge is 0.328 e. The number of aromatic amines is 1. The van der Waals surface area contributed by atoms with Gasteiger partial charge < -0.3 is 14.3 Å². The number of imidazole rings is 1. The molecule has 1 aromatic heterocycles. The Labute approximate surface area is 113 Å². The van der Waals surface area contributed by atoms with Gasteiger partial charge in [-0.3, -0.25) is 0 Å². The zero-order valence-corrected chi connectivity index (χ0v) is 11.2. The normalized spacial score (nSPS) is 12.6. The molecule has 1 unspecified atom stereocenters. The first-order valence-corrected chi connectivity index (χ1v) is 6.13. The number of hydrogen-bond acceptors (Lipinski definition) is 3. The number of carbonyl (C=O) groups is 1. The van der Waals surface area contributed by atoms with Crippen molar-refractivity contribution in [3.8, 4) is 0 Å². The number of rotatable bonds is 3. The lowest BCUT2D eigenvalue weighted by molar-refractivity contribution is -0.146. The Bertz CT molecular complexity index is 693. The fourth-order valence-corrected chi connectivity index (χ4v) is 2.25. The van der Waals surface area contributed by atoms with Crippen molar-refractivity contribution < 1.29 is 18.3 Å². The van der Waals surface area contributed by atoms with E-state index >= 15 is 0 Å². The molecule has 0 aliphatic rings. The van der Waals surface area contributed by atoms with Gasteiger partial charge in [0.05, 0.1) is 12.1 Å². The largest absolute Gasteiger partial charge is 0.464 e. The van der Waals surface area contributed by atoms with Crippen molar-refractivity contribution >= 4 is 29.2 Å². The molecule has 4 nitrogen and oxygen atoms in total. The highest BCUT2D eigenvalue weighted by atomic mass is 32.1. The van der Waals surface area contributed by atoms with E-state index in [2.05, 4.69) is 4.98 Å². The molecule has 102 valence electrons. The van der Waals surface area contributed by atoms with Crippen molar-refractivity contribution in [2.45, 2.75) is 19.9 Å². The van der Waals surface area contributed by atoms with Crippen LogP contribution in [0.1, 0.15) is 19.9 Å². The average molecular weight is 286 g/mol. The van der Waals surface area contributed by atoms with E-state index in [1.165, 1.54) is 17.6 Å². The molecule has 0 saturated carbocycles. The van der Waals surface area contributed by atoms with Gasteiger partial charge in [-0.25, -0.2) is 13.6 Å². The van der Waals surface area contributed by atoms with E-state index < -0.39 is 23.6 Å². The Balaban J connectivity index is 2.66. The second-order valence-corrected chi connectivity index (χ2v) is 4.37. The lowest BCUT2D eigenvalue weighted by Crippen LogP contribution is -2.19. The maximum Gasteiger partial charge on any atom is 0.328 e. The summed E-state index contributed by atoms with van der Waals surface area (Å²) in [6, 6.07) is 1.54. The summed E-state index contributed by atoms with van der Waals surface area (Å²) in [5.74, 6) is -2.59. The molecule has 1 aromatic carbocycles. The van der Waals surface area contributed by atoms with Crippen LogP contribution in [0.2, 0.25) is 0 Å². The maximum absolute atomic E-state index is 13.9. The molecule has 0 aliphatic carbocycles. The summed E-state index contributed by atoms with van der Waals surface area (Å²) >= 11 is 5.05. The van der Waals surface area contributed by atoms with Gasteiger partial charge in [-0.15, -0.1) is 0 Å². The van der Waals surface area contributed by atoms with Crippen molar-refractivity contribution in [3.05, 3.63) is 28.5 Å². The Morgan fingerprint density at radius 3 is 2.84 bits per heavy atom. The molecule has 0 spiro atoms. The number of carbonyl (C=O) groups excluding carboxylic acids is 1. The minimum Gasteiger partial charge on any atom is -0.464 e. The number of aromatic nitrogens is 2. The van der Waals surface area contributed by atoms with Crippen molar-refractivity contribution in [1.82, 2.24) is 9.55 Å². The average Bonchev–Trinajstić information content (AvgIpc) is 2.70. The van der Waals surface area contributed by atoms with Crippen LogP contribution in [0, 0.1) is 16.4 Å². The molecule has 1 atom stereocenters. The fourth-order valence-electron chi connectivity index (χ4n) is 1.89. The highest BCUT2D eigenvalue weighted by molar-refractivity contribution is 7.71. The fraction of sp³-hybridized carbons (Fsp3) is 0.333. The van der Waals surface area contributed by atoms with Gasteiger partial charge in [-0.05, 0) is 38.2 Å². The van der Waals surface area contributed by atoms with Crippen molar-refractivity contribution in [2.75, 3.05) is 6.61 Å². The van der Waals surface area contributed by atoms with E-state index in [1.54, 1.807) is 6.92 Å². The number of halogens is 2. The summed E-state index contributed by atoms with van der Waals surface area (Å²) in [4.78, 5) is 14.5. The number of nitrogens with one attached hydrogen (secondary N) is 1. The zero-order chi connectivity index (χ0) is 14.2. The Morgan fingerprint density at radius 2 is 2.21 bits per heavy atom. The van der Waals surface area contributed by atoms with Gasteiger partial charge >= 0.3 is 5.97 Å². The SMILES string of the molecule is CCOC(=O)C(C)n1c(=S)[nH]c2ccc(F)c(F)c21. The molecule has 2 aromatic rings. The van der Waals surface area contributed by atoms with Gasteiger partial charge in [-0.1, -0.05) is 0 Å². The van der Waals surface area contributed by atoms with Gasteiger partial charge in [0.25, 0.3) is 0 Å². The molecule has 0 radical (unpaired) electrons. The third-order valence-corrected chi connectivity index (χ3v) is 3.08. The predicted octanol–water partition coefficient (Wildman–Crippen LogP) is 3.10. The summed E-state index contributed by atoms with van der Waals surface area (Å²) in [5, 5.41) is 0. The van der Waals surface area contributed by atoms with Gasteiger partial charge in [-0.2, -0.15) is 0 Å². The first kappa shape index (κ1) is 13.7. The van der Waals surface area contributed by atoms with Gasteiger partial charge in [0.1, 0.15) is 11.6 Å². The van der Waals surface area contributed by atoms with Crippen molar-refractivity contribution in [3.63, 3.8) is 0 Å². The van der Waals surface area contributed by atoms with Gasteiger partial charge in [0.2, 0.25) is 0 Å². The van der Waals surface area contributed by atoms with E-state index in [0.29, 0.717) is 5.52 Å². The summed E-state index contributed by atoms with van der Waals surface area (Å²) in [6.07, 6.45) is 0. The summed E-state index contributed by atoms with van der Waals surface area (Å²) in [7, 11) is 0. The Hall–Kier alpha value is -1.76. The van der Waals surface area contributed by atoms with Crippen molar-refractivity contribution in [2.24, 2.45) is 0 Å². The predicted molar refractivity (Wildman–Crippen MR) is 68.4 cm³/mol. The molecule has 0 saturated heterocycles. The molecule has 2 rings (SSSR count). The topological polar surface area (TPSA) is 47.0 Å². The number of fused-ring (bicyclic) bond motifs is 1. The molecule has 0 amide bonds. The zero-order valence-electron chi connectivity index (χ0n) is 10.4. The lowest BCUT2D eigenvalue weighted by atomic mass is 10.2. The molecule has 0 fully saturated rings. The second kappa shape index (κ2) is 5.08. The number of hydrogen-bond donors (Lipinski definition) is 1. The number of esters is 1. The standard InChI is InChI=1S/C12H12F2N2O2S/c1-3-18-11(17)6(2)16-10-8(15-12(16)19)5-4-7(13)9(10)14/h4-6H,3H2,1-2H3,(H,15,19). The first-order chi connectivity index (χ1) is 8.97. The van der Waals surface area contributed by atoms with Crippen LogP contribution in [-0.2, 0) is 9.53 Å². The number of benzene rings is 1. The second-order valence-electron chi connectivity index (χ2n) is 3.99. The minimum atomic E-state index is -1.04. The van der Waals surface area contributed by atoms with E-state index in [-0.39, 0.29) is 16.9 Å². The van der Waals surface area contributed by atoms with Gasteiger partial charge in [0.15, 0.2) is 16.4 Å². The third kappa shape index (κ3) is 2.25. The Morgan fingerprint density at radius 1 is 1.53 bits per heavy atom. The molecule has 7 heteroatoms. The number of nitrogens with zero attached hydrogens (tertiary/aromatic N) is 1. The van der Waals surface area contributed by atoms with E-state index in [4.69, 9.17) is 17.0 Å². The highest BCUT2D eigenvalue weighted by Gasteiger charge is 2.22. The molecular formula is C12H12F2N2O2S. The van der Waals surface area contributed by atoms with E-state index in [0.717, 1.165) is 6.07 Å². The molecule has 0 aliphatic heterocycles. The third-order valence-electron chi connectivity index (χ3n) is 2.79. The molecule has 1 N–H and O–H groups in total. The van der Waals surface area contributed by atoms with E-state index in [9.17, 15) is 13.6 Å². The first-order valence-electron chi connectivity index (χ1n) is 5.72. The summed E-state index contributed by atoms with van der Waals surface area (Å²) in [6.45, 7) is 3.39. The van der Waals surface area contributed by atoms with Crippen LogP contribution >= 0.6 is 12.2 Å². The van der Waals surface area contributed by atoms with Crippen LogP contribution in [-0.4, -0.2) is 22.1 Å². The molecular weight excluding hydrogens is 274 g/mol. The van der Waals surface area contributed by atoms with Crippen LogP contribution in [0.5, 0.6) is 0 Å². The Kier molecular flexibility index (Phi) is 3.66. The quantitative estimate of drug-likeness (QED) is 0.696. The van der Waals surface area contributed by atoms with Crippen LogP contribution in [0.25, 0.3) is 11.0 Å². The maximum atomic E-state index is 13.9. The monoisotopic (exact) mass is 286 g/mol. The molecule has 1 heterocycles. The lowest BCUT2D eigenvalue weighted by Gasteiger charge is -2.13. The number of ether oxygens (including phenoxy) is 1. The van der Waals surface area contributed by atoms with Gasteiger partial charge in [0, 0.05) is 0 Å². The van der Waals surface area contributed by atoms with Crippen LogP contribution in [0.3, 0.4) is 0 Å². The van der Waals surface area contributed by atoms with Crippen LogP contribution < -0.4 is 0 Å². The summed E-state index contributed by atoms with van der Waals surface area (Å²) < 4.78 is 33.4. The minimum absolute atomic E-state index is 0.0643.